The molecule has 0 aromatic heterocycles. The highest BCUT2D eigenvalue weighted by molar-refractivity contribution is 5.72. The van der Waals surface area contributed by atoms with E-state index in [9.17, 15) is 4.79 Å². The Hall–Kier alpha value is -0.610. The van der Waals surface area contributed by atoms with Crippen molar-refractivity contribution < 1.29 is 15.0 Å². The normalized spacial score (nSPS) is 11.8. The Kier molecular flexibility index (Phi) is 8.87. The molecular formula is C7H17NO3. The van der Waals surface area contributed by atoms with Crippen LogP contribution in [-0.2, 0) is 4.79 Å². The molecule has 0 aliphatic rings. The maximum atomic E-state index is 10.1. The van der Waals surface area contributed by atoms with Crippen LogP contribution in [0.5, 0.6) is 0 Å². The minimum Gasteiger partial charge on any atom is -0.480 e. The first kappa shape index (κ1) is 13.0. The Morgan fingerprint density at radius 1 is 1.45 bits per heavy atom. The summed E-state index contributed by atoms with van der Waals surface area (Å²) in [4.78, 5) is 10.1. The predicted molar refractivity (Wildman–Crippen MR) is 43.2 cm³/mol. The molecule has 0 amide bonds. The number of aliphatic carboxylic acids is 1. The van der Waals surface area contributed by atoms with Crippen LogP contribution in [0, 0.1) is 5.92 Å². The second kappa shape index (κ2) is 7.50. The van der Waals surface area contributed by atoms with Crippen molar-refractivity contribution in [2.45, 2.75) is 26.3 Å². The van der Waals surface area contributed by atoms with E-state index in [1.165, 1.54) is 0 Å². The third kappa shape index (κ3) is 9.39. The lowest BCUT2D eigenvalue weighted by atomic mass is 10.1. The van der Waals surface area contributed by atoms with Gasteiger partial charge in [-0.05, 0) is 12.3 Å². The van der Waals surface area contributed by atoms with Crippen LogP contribution in [-0.4, -0.2) is 29.3 Å². The zero-order valence-corrected chi connectivity index (χ0v) is 7.24. The van der Waals surface area contributed by atoms with E-state index in [4.69, 9.17) is 15.9 Å². The van der Waals surface area contributed by atoms with Gasteiger partial charge in [-0.1, -0.05) is 13.8 Å². The van der Waals surface area contributed by atoms with Crippen LogP contribution in [0.4, 0.5) is 0 Å². The Balaban J connectivity index is 0. The molecular weight excluding hydrogens is 146 g/mol. The molecule has 4 heteroatoms. The molecule has 11 heavy (non-hydrogen) atoms. The van der Waals surface area contributed by atoms with E-state index in [0.717, 1.165) is 7.11 Å². The summed E-state index contributed by atoms with van der Waals surface area (Å²) in [7, 11) is 1.00. The second-order valence-corrected chi connectivity index (χ2v) is 2.57. The van der Waals surface area contributed by atoms with Gasteiger partial charge in [0.1, 0.15) is 6.04 Å². The van der Waals surface area contributed by atoms with E-state index in [1.807, 2.05) is 13.8 Å². The maximum absolute atomic E-state index is 10.1. The average Bonchev–Trinajstić information content (AvgIpc) is 1.90. The van der Waals surface area contributed by atoms with Gasteiger partial charge in [-0.25, -0.2) is 0 Å². The number of carboxylic acids is 1. The van der Waals surface area contributed by atoms with Crippen LogP contribution in [0.15, 0.2) is 0 Å². The van der Waals surface area contributed by atoms with Crippen LogP contribution in [0.1, 0.15) is 20.3 Å². The van der Waals surface area contributed by atoms with Gasteiger partial charge in [-0.15, -0.1) is 0 Å². The van der Waals surface area contributed by atoms with Crippen molar-refractivity contribution in [3.05, 3.63) is 0 Å². The Bertz CT molecular complexity index is 104. The van der Waals surface area contributed by atoms with Crippen molar-refractivity contribution in [3.8, 4) is 0 Å². The SMILES string of the molecule is CC(C)CC(N)C(=O)O.CO. The minimum atomic E-state index is -0.913. The molecule has 1 atom stereocenters. The first-order valence-corrected chi connectivity index (χ1v) is 3.47. The lowest BCUT2D eigenvalue weighted by Gasteiger charge is -2.07. The number of carboxylic acid groups (broad SMARTS) is 1. The zero-order valence-electron chi connectivity index (χ0n) is 7.24. The van der Waals surface area contributed by atoms with Crippen molar-refractivity contribution in [1.29, 1.82) is 0 Å². The molecule has 0 fully saturated rings. The molecule has 0 saturated carbocycles. The molecule has 0 bridgehead atoms. The summed E-state index contributed by atoms with van der Waals surface area (Å²) in [6, 6.07) is -0.690. The smallest absolute Gasteiger partial charge is 0.320 e. The van der Waals surface area contributed by atoms with Gasteiger partial charge in [0, 0.05) is 7.11 Å². The van der Waals surface area contributed by atoms with Crippen molar-refractivity contribution in [3.63, 3.8) is 0 Å². The highest BCUT2D eigenvalue weighted by Gasteiger charge is 2.11. The molecule has 0 aromatic rings. The number of hydrogen-bond acceptors (Lipinski definition) is 3. The summed E-state index contributed by atoms with van der Waals surface area (Å²) in [5.74, 6) is -0.556. The summed E-state index contributed by atoms with van der Waals surface area (Å²) in [5.41, 5.74) is 5.22. The Morgan fingerprint density at radius 3 is 1.91 bits per heavy atom. The third-order valence-corrected chi connectivity index (χ3v) is 1.04. The quantitative estimate of drug-likeness (QED) is 0.549. The third-order valence-electron chi connectivity index (χ3n) is 1.04. The van der Waals surface area contributed by atoms with Gasteiger partial charge in [0.15, 0.2) is 0 Å². The molecule has 0 aliphatic carbocycles. The minimum absolute atomic E-state index is 0.357. The highest BCUT2D eigenvalue weighted by Crippen LogP contribution is 2.01. The topological polar surface area (TPSA) is 83.6 Å². The number of nitrogens with two attached hydrogens (primary N) is 1. The fraction of sp³-hybridized carbons (Fsp3) is 0.857. The maximum Gasteiger partial charge on any atom is 0.320 e. The molecule has 0 aliphatic heterocycles. The van der Waals surface area contributed by atoms with E-state index < -0.39 is 12.0 Å². The van der Waals surface area contributed by atoms with Crippen molar-refractivity contribution >= 4 is 5.97 Å². The molecule has 0 heterocycles. The first-order chi connectivity index (χ1) is 5.04. The number of hydrogen-bond donors (Lipinski definition) is 3. The van der Waals surface area contributed by atoms with Crippen LogP contribution in [0.3, 0.4) is 0 Å². The number of carbonyl (C=O) groups is 1. The van der Waals surface area contributed by atoms with Gasteiger partial charge >= 0.3 is 5.97 Å². The monoisotopic (exact) mass is 163 g/mol. The second-order valence-electron chi connectivity index (χ2n) is 2.57. The van der Waals surface area contributed by atoms with E-state index in [1.54, 1.807) is 0 Å². The van der Waals surface area contributed by atoms with Crippen LogP contribution in [0.25, 0.3) is 0 Å². The lowest BCUT2D eigenvalue weighted by molar-refractivity contribution is -0.138. The number of aliphatic hydroxyl groups excluding tert-OH is 1. The Morgan fingerprint density at radius 2 is 1.82 bits per heavy atom. The Labute approximate surface area is 67.0 Å². The summed E-state index contributed by atoms with van der Waals surface area (Å²) >= 11 is 0. The van der Waals surface area contributed by atoms with Gasteiger partial charge in [0.25, 0.3) is 0 Å². The van der Waals surface area contributed by atoms with Crippen LogP contribution >= 0.6 is 0 Å². The summed E-state index contributed by atoms with van der Waals surface area (Å²) in [5, 5.41) is 15.3. The fourth-order valence-electron chi connectivity index (χ4n) is 0.609. The zero-order chi connectivity index (χ0) is 9.44. The molecule has 1 unspecified atom stereocenters. The summed E-state index contributed by atoms with van der Waals surface area (Å²) in [6.07, 6.45) is 0.551. The summed E-state index contributed by atoms with van der Waals surface area (Å²) in [6.45, 7) is 3.89. The largest absolute Gasteiger partial charge is 0.480 e. The molecule has 0 radical (unpaired) electrons. The van der Waals surface area contributed by atoms with Crippen molar-refractivity contribution in [1.82, 2.24) is 0 Å². The van der Waals surface area contributed by atoms with Gasteiger partial charge < -0.3 is 15.9 Å². The van der Waals surface area contributed by atoms with Gasteiger partial charge in [0.2, 0.25) is 0 Å². The molecule has 4 nitrogen and oxygen atoms in total. The van der Waals surface area contributed by atoms with Gasteiger partial charge in [0.05, 0.1) is 0 Å². The summed E-state index contributed by atoms with van der Waals surface area (Å²) < 4.78 is 0. The predicted octanol–water partition coefficient (Wildman–Crippen LogP) is 0.0529. The average molecular weight is 163 g/mol. The lowest BCUT2D eigenvalue weighted by Crippen LogP contribution is -2.31. The molecule has 0 spiro atoms. The number of aliphatic hydroxyl groups is 1. The van der Waals surface area contributed by atoms with Crippen LogP contribution < -0.4 is 5.73 Å². The molecule has 68 valence electrons. The van der Waals surface area contributed by atoms with E-state index in [2.05, 4.69) is 0 Å². The fourth-order valence-corrected chi connectivity index (χ4v) is 0.609. The molecule has 0 saturated heterocycles. The van der Waals surface area contributed by atoms with Crippen molar-refractivity contribution in [2.75, 3.05) is 7.11 Å². The van der Waals surface area contributed by atoms with E-state index in [-0.39, 0.29) is 0 Å². The molecule has 4 N–H and O–H groups in total. The van der Waals surface area contributed by atoms with E-state index in [0.29, 0.717) is 12.3 Å². The van der Waals surface area contributed by atoms with E-state index >= 15 is 0 Å². The van der Waals surface area contributed by atoms with Gasteiger partial charge in [-0.3, -0.25) is 4.79 Å². The first-order valence-electron chi connectivity index (χ1n) is 3.47. The van der Waals surface area contributed by atoms with Gasteiger partial charge in [-0.2, -0.15) is 0 Å². The van der Waals surface area contributed by atoms with Crippen molar-refractivity contribution in [2.24, 2.45) is 11.7 Å². The van der Waals surface area contributed by atoms with Crippen LogP contribution in [0.2, 0.25) is 0 Å². The standard InChI is InChI=1S/C6H13NO2.CH4O/c1-4(2)3-5(7)6(8)9;1-2/h4-5H,3,7H2,1-2H3,(H,8,9);2H,1H3. The molecule has 0 aromatic carbocycles. The molecule has 0 rings (SSSR count). The number of rotatable bonds is 3. The highest BCUT2D eigenvalue weighted by atomic mass is 16.4.